The Labute approximate surface area is 117 Å². The fourth-order valence-electron chi connectivity index (χ4n) is 2.02. The van der Waals surface area contributed by atoms with E-state index in [0.29, 0.717) is 40.2 Å². The minimum atomic E-state index is 0.364. The summed E-state index contributed by atoms with van der Waals surface area (Å²) >= 11 is 0. The summed E-state index contributed by atoms with van der Waals surface area (Å²) in [7, 11) is 0. The lowest BCUT2D eigenvalue weighted by Crippen LogP contribution is -1.85. The summed E-state index contributed by atoms with van der Waals surface area (Å²) < 4.78 is 0. The second kappa shape index (κ2) is 5.38. The Hall–Kier alpha value is -2.92. The molecule has 0 bridgehead atoms. The molecule has 1 aromatic rings. The number of nitrogen functional groups attached to an aromatic ring is 1. The maximum atomic E-state index is 9.14. The van der Waals surface area contributed by atoms with E-state index in [1.165, 1.54) is 0 Å². The Morgan fingerprint density at radius 1 is 1.15 bits per heavy atom. The molecule has 2 rings (SSSR count). The summed E-state index contributed by atoms with van der Waals surface area (Å²) in [5.41, 5.74) is 10.2. The van der Waals surface area contributed by atoms with E-state index < -0.39 is 0 Å². The molecule has 0 unspecified atom stereocenters. The SMILES string of the molecule is CC1=C(C#N)CC(N=Nc2ccc(N)cc2C)=C1C#N. The van der Waals surface area contributed by atoms with Crippen molar-refractivity contribution in [1.82, 2.24) is 0 Å². The first kappa shape index (κ1) is 13.5. The number of rotatable bonds is 2. The van der Waals surface area contributed by atoms with Crippen molar-refractivity contribution in [2.45, 2.75) is 20.3 Å². The second-order valence-corrected chi connectivity index (χ2v) is 4.57. The van der Waals surface area contributed by atoms with Crippen LogP contribution in [-0.4, -0.2) is 0 Å². The van der Waals surface area contributed by atoms with E-state index in [1.807, 2.05) is 13.0 Å². The second-order valence-electron chi connectivity index (χ2n) is 4.57. The van der Waals surface area contributed by atoms with Gasteiger partial charge in [-0.3, -0.25) is 0 Å². The maximum Gasteiger partial charge on any atom is 0.101 e. The van der Waals surface area contributed by atoms with Crippen molar-refractivity contribution in [1.29, 1.82) is 10.5 Å². The van der Waals surface area contributed by atoms with Crippen LogP contribution in [0.15, 0.2) is 50.8 Å². The van der Waals surface area contributed by atoms with Gasteiger partial charge < -0.3 is 5.73 Å². The predicted molar refractivity (Wildman–Crippen MR) is 75.7 cm³/mol. The smallest absolute Gasteiger partial charge is 0.101 e. The molecule has 1 aliphatic rings. The number of allylic oxidation sites excluding steroid dienone is 3. The third-order valence-electron chi connectivity index (χ3n) is 3.21. The van der Waals surface area contributed by atoms with Gasteiger partial charge in [-0.05, 0) is 43.2 Å². The summed E-state index contributed by atoms with van der Waals surface area (Å²) in [4.78, 5) is 0. The van der Waals surface area contributed by atoms with E-state index in [0.717, 1.165) is 5.56 Å². The van der Waals surface area contributed by atoms with Gasteiger partial charge in [-0.1, -0.05) is 0 Å². The molecule has 0 heterocycles. The fourth-order valence-corrected chi connectivity index (χ4v) is 2.02. The highest BCUT2D eigenvalue weighted by molar-refractivity contribution is 5.57. The molecule has 2 N–H and O–H groups in total. The normalized spacial score (nSPS) is 14.8. The van der Waals surface area contributed by atoms with Crippen molar-refractivity contribution in [3.05, 3.63) is 46.2 Å². The molecule has 1 aliphatic carbocycles. The number of nitrogens with zero attached hydrogens (tertiary/aromatic N) is 4. The molecule has 0 saturated carbocycles. The third-order valence-corrected chi connectivity index (χ3v) is 3.21. The summed E-state index contributed by atoms with van der Waals surface area (Å²) in [5, 5.41) is 26.4. The zero-order valence-corrected chi connectivity index (χ0v) is 11.3. The van der Waals surface area contributed by atoms with Gasteiger partial charge in [0.05, 0.1) is 23.0 Å². The van der Waals surface area contributed by atoms with Crippen LogP contribution >= 0.6 is 0 Å². The Bertz CT molecular complexity index is 739. The first-order valence-corrected chi connectivity index (χ1v) is 6.08. The number of anilines is 1. The minimum Gasteiger partial charge on any atom is -0.399 e. The van der Waals surface area contributed by atoms with E-state index in [-0.39, 0.29) is 0 Å². The molecule has 1 aromatic carbocycles. The van der Waals surface area contributed by atoms with Gasteiger partial charge in [0, 0.05) is 17.7 Å². The standard InChI is InChI=1S/C15H13N5/c1-9-5-12(18)3-4-14(9)19-20-15-6-11(7-16)10(2)13(15)8-17/h3-5H,6,18H2,1-2H3. The number of nitriles is 2. The zero-order chi connectivity index (χ0) is 14.7. The van der Waals surface area contributed by atoms with E-state index in [2.05, 4.69) is 22.4 Å². The summed E-state index contributed by atoms with van der Waals surface area (Å²) in [6.07, 6.45) is 0.364. The highest BCUT2D eigenvalue weighted by Crippen LogP contribution is 2.33. The molecule has 0 spiro atoms. The zero-order valence-electron chi connectivity index (χ0n) is 11.3. The minimum absolute atomic E-state index is 0.364. The van der Waals surface area contributed by atoms with Crippen LogP contribution in [0.2, 0.25) is 0 Å². The van der Waals surface area contributed by atoms with Crippen molar-refractivity contribution < 1.29 is 0 Å². The van der Waals surface area contributed by atoms with Crippen LogP contribution in [-0.2, 0) is 0 Å². The largest absolute Gasteiger partial charge is 0.399 e. The van der Waals surface area contributed by atoms with Crippen LogP contribution in [0.1, 0.15) is 18.9 Å². The van der Waals surface area contributed by atoms with Gasteiger partial charge in [-0.2, -0.15) is 20.8 Å². The first-order chi connectivity index (χ1) is 9.56. The van der Waals surface area contributed by atoms with Gasteiger partial charge >= 0.3 is 0 Å². The highest BCUT2D eigenvalue weighted by Gasteiger charge is 2.21. The summed E-state index contributed by atoms with van der Waals surface area (Å²) in [6.45, 7) is 3.65. The number of hydrogen-bond donors (Lipinski definition) is 1. The lowest BCUT2D eigenvalue weighted by molar-refractivity contribution is 1.05. The van der Waals surface area contributed by atoms with E-state index >= 15 is 0 Å². The lowest BCUT2D eigenvalue weighted by atomic mass is 10.1. The molecule has 20 heavy (non-hydrogen) atoms. The summed E-state index contributed by atoms with van der Waals surface area (Å²) in [5.74, 6) is 0. The number of benzene rings is 1. The van der Waals surface area contributed by atoms with Gasteiger partial charge in [0.25, 0.3) is 0 Å². The number of hydrogen-bond acceptors (Lipinski definition) is 5. The molecule has 0 saturated heterocycles. The van der Waals surface area contributed by atoms with Crippen molar-refractivity contribution in [2.24, 2.45) is 10.2 Å². The topological polar surface area (TPSA) is 98.3 Å². The number of nitrogens with two attached hydrogens (primary N) is 1. The molecule has 0 radical (unpaired) electrons. The van der Waals surface area contributed by atoms with Crippen molar-refractivity contribution in [3.8, 4) is 12.1 Å². The fraction of sp³-hybridized carbons (Fsp3) is 0.200. The van der Waals surface area contributed by atoms with E-state index in [1.54, 1.807) is 19.1 Å². The highest BCUT2D eigenvalue weighted by atomic mass is 15.1. The molecule has 0 aromatic heterocycles. The molecule has 0 aliphatic heterocycles. The monoisotopic (exact) mass is 263 g/mol. The Balaban J connectivity index is 2.32. The predicted octanol–water partition coefficient (Wildman–Crippen LogP) is 3.68. The number of azo groups is 1. The average Bonchev–Trinajstić information content (AvgIpc) is 2.73. The quantitative estimate of drug-likeness (QED) is 0.650. The van der Waals surface area contributed by atoms with Crippen molar-refractivity contribution in [2.75, 3.05) is 5.73 Å². The molecule has 5 heteroatoms. The molecule has 0 fully saturated rings. The van der Waals surface area contributed by atoms with E-state index in [4.69, 9.17) is 16.3 Å². The van der Waals surface area contributed by atoms with Gasteiger partial charge in [0.2, 0.25) is 0 Å². The third kappa shape index (κ3) is 2.43. The van der Waals surface area contributed by atoms with Gasteiger partial charge in [-0.15, -0.1) is 0 Å². The van der Waals surface area contributed by atoms with Crippen LogP contribution in [0.5, 0.6) is 0 Å². The van der Waals surface area contributed by atoms with Crippen LogP contribution in [0, 0.1) is 29.6 Å². The van der Waals surface area contributed by atoms with Gasteiger partial charge in [0.1, 0.15) is 6.07 Å². The van der Waals surface area contributed by atoms with Crippen molar-refractivity contribution >= 4 is 11.4 Å². The van der Waals surface area contributed by atoms with Crippen molar-refractivity contribution in [3.63, 3.8) is 0 Å². The Morgan fingerprint density at radius 2 is 1.90 bits per heavy atom. The summed E-state index contributed by atoms with van der Waals surface area (Å²) in [6, 6.07) is 9.52. The first-order valence-electron chi connectivity index (χ1n) is 6.08. The van der Waals surface area contributed by atoms with Crippen LogP contribution in [0.3, 0.4) is 0 Å². The lowest BCUT2D eigenvalue weighted by Gasteiger charge is -2.00. The molecular weight excluding hydrogens is 250 g/mol. The number of aryl methyl sites for hydroxylation is 1. The Kier molecular flexibility index (Phi) is 3.63. The van der Waals surface area contributed by atoms with Crippen LogP contribution in [0.25, 0.3) is 0 Å². The Morgan fingerprint density at radius 3 is 2.50 bits per heavy atom. The van der Waals surface area contributed by atoms with Gasteiger partial charge in [0.15, 0.2) is 0 Å². The maximum absolute atomic E-state index is 9.14. The average molecular weight is 263 g/mol. The van der Waals surface area contributed by atoms with E-state index in [9.17, 15) is 0 Å². The van der Waals surface area contributed by atoms with Gasteiger partial charge in [-0.25, -0.2) is 0 Å². The molecule has 0 atom stereocenters. The van der Waals surface area contributed by atoms with Crippen LogP contribution in [0.4, 0.5) is 11.4 Å². The molecule has 0 amide bonds. The molecular formula is C15H13N5. The molecule has 98 valence electrons. The molecule has 5 nitrogen and oxygen atoms in total. The van der Waals surface area contributed by atoms with Crippen LogP contribution < -0.4 is 5.73 Å².